The molecule has 23 heavy (non-hydrogen) atoms. The molecule has 0 N–H and O–H groups in total. The molecule has 0 spiro atoms. The van der Waals surface area contributed by atoms with E-state index in [0.717, 1.165) is 17.1 Å². The van der Waals surface area contributed by atoms with E-state index in [1.807, 2.05) is 20.0 Å². The molecule has 2 aromatic heterocycles. The van der Waals surface area contributed by atoms with Gasteiger partial charge in [-0.15, -0.1) is 0 Å². The van der Waals surface area contributed by atoms with E-state index in [0.29, 0.717) is 24.5 Å². The molecule has 6 nitrogen and oxygen atoms in total. The maximum atomic E-state index is 12.7. The van der Waals surface area contributed by atoms with Crippen LogP contribution in [-0.2, 0) is 18.5 Å². The number of fused-ring (bicyclic) bond motifs is 1. The second-order valence-electron chi connectivity index (χ2n) is 7.30. The minimum absolute atomic E-state index is 0.108. The first-order valence-corrected chi connectivity index (χ1v) is 7.85. The van der Waals surface area contributed by atoms with Gasteiger partial charge in [0, 0.05) is 29.6 Å². The normalized spacial score (nSPS) is 14.4. The van der Waals surface area contributed by atoms with Crippen molar-refractivity contribution in [2.75, 3.05) is 0 Å². The van der Waals surface area contributed by atoms with Crippen molar-refractivity contribution < 1.29 is 9.21 Å². The van der Waals surface area contributed by atoms with E-state index >= 15 is 0 Å². The number of hydrogen-bond acceptors (Lipinski definition) is 5. The lowest BCUT2D eigenvalue weighted by atomic mass is 9.95. The summed E-state index contributed by atoms with van der Waals surface area (Å²) in [4.78, 5) is 27.7. The maximum absolute atomic E-state index is 12.7. The molecule has 0 unspecified atom stereocenters. The van der Waals surface area contributed by atoms with Gasteiger partial charge < -0.3 is 9.32 Å². The van der Waals surface area contributed by atoms with Crippen LogP contribution < -0.4 is 0 Å². The first-order chi connectivity index (χ1) is 10.8. The number of amides is 1. The van der Waals surface area contributed by atoms with E-state index < -0.39 is 0 Å². The Bertz CT molecular complexity index is 743. The number of hydrogen-bond donors (Lipinski definition) is 0. The van der Waals surface area contributed by atoms with E-state index in [1.165, 1.54) is 6.39 Å². The SMILES string of the molecule is CC(C)c1ocnc1C(=O)N1Cc2cnc(C(C)(C)C)nc2C1. The molecule has 122 valence electrons. The summed E-state index contributed by atoms with van der Waals surface area (Å²) in [6.45, 7) is 11.2. The predicted octanol–water partition coefficient (Wildman–Crippen LogP) is 3.04. The lowest BCUT2D eigenvalue weighted by Crippen LogP contribution is -2.26. The molecule has 0 bridgehead atoms. The van der Waals surface area contributed by atoms with E-state index in [9.17, 15) is 4.79 Å². The number of oxazole rings is 1. The van der Waals surface area contributed by atoms with Crippen molar-refractivity contribution in [3.63, 3.8) is 0 Å². The van der Waals surface area contributed by atoms with Crippen molar-refractivity contribution in [2.24, 2.45) is 0 Å². The monoisotopic (exact) mass is 314 g/mol. The summed E-state index contributed by atoms with van der Waals surface area (Å²) in [5, 5.41) is 0. The lowest BCUT2D eigenvalue weighted by Gasteiger charge is -2.16. The Balaban J connectivity index is 1.84. The van der Waals surface area contributed by atoms with Crippen molar-refractivity contribution in [1.29, 1.82) is 0 Å². The van der Waals surface area contributed by atoms with E-state index in [1.54, 1.807) is 4.90 Å². The van der Waals surface area contributed by atoms with Crippen LogP contribution in [0.15, 0.2) is 17.0 Å². The average molecular weight is 314 g/mol. The molecule has 3 rings (SSSR count). The molecule has 0 aromatic carbocycles. The Labute approximate surface area is 136 Å². The van der Waals surface area contributed by atoms with Gasteiger partial charge in [0.15, 0.2) is 12.1 Å². The minimum Gasteiger partial charge on any atom is -0.447 e. The molecule has 1 aliphatic heterocycles. The van der Waals surface area contributed by atoms with Gasteiger partial charge in [0.2, 0.25) is 0 Å². The molecule has 0 atom stereocenters. The third-order valence-corrected chi connectivity index (χ3v) is 3.94. The highest BCUT2D eigenvalue weighted by atomic mass is 16.3. The molecule has 0 radical (unpaired) electrons. The molecule has 1 amide bonds. The zero-order valence-electron chi connectivity index (χ0n) is 14.3. The molecule has 2 aromatic rings. The highest BCUT2D eigenvalue weighted by Gasteiger charge is 2.31. The molecule has 0 saturated heterocycles. The quantitative estimate of drug-likeness (QED) is 0.852. The first kappa shape index (κ1) is 15.6. The van der Waals surface area contributed by atoms with Crippen LogP contribution in [0.25, 0.3) is 0 Å². The van der Waals surface area contributed by atoms with Crippen molar-refractivity contribution >= 4 is 5.91 Å². The highest BCUT2D eigenvalue weighted by Crippen LogP contribution is 2.27. The van der Waals surface area contributed by atoms with Crippen LogP contribution in [0.4, 0.5) is 0 Å². The van der Waals surface area contributed by atoms with Gasteiger partial charge in [0.05, 0.1) is 12.2 Å². The van der Waals surface area contributed by atoms with Crippen molar-refractivity contribution in [1.82, 2.24) is 19.9 Å². The topological polar surface area (TPSA) is 72.1 Å². The van der Waals surface area contributed by atoms with Crippen LogP contribution in [0.5, 0.6) is 0 Å². The Morgan fingerprint density at radius 3 is 2.65 bits per heavy atom. The van der Waals surface area contributed by atoms with Gasteiger partial charge in [-0.3, -0.25) is 4.79 Å². The summed E-state index contributed by atoms with van der Waals surface area (Å²) in [5.74, 6) is 1.44. The van der Waals surface area contributed by atoms with Crippen LogP contribution in [-0.4, -0.2) is 25.8 Å². The maximum Gasteiger partial charge on any atom is 0.276 e. The Morgan fingerprint density at radius 1 is 1.26 bits per heavy atom. The van der Waals surface area contributed by atoms with Gasteiger partial charge in [-0.2, -0.15) is 0 Å². The van der Waals surface area contributed by atoms with Crippen LogP contribution >= 0.6 is 0 Å². The third-order valence-electron chi connectivity index (χ3n) is 3.94. The molecule has 1 aliphatic rings. The van der Waals surface area contributed by atoms with Crippen LogP contribution in [0.1, 0.15) is 73.9 Å². The summed E-state index contributed by atoms with van der Waals surface area (Å²) in [5.41, 5.74) is 2.22. The molecule has 6 heteroatoms. The van der Waals surface area contributed by atoms with Gasteiger partial charge in [-0.1, -0.05) is 34.6 Å². The van der Waals surface area contributed by atoms with Crippen molar-refractivity contribution in [2.45, 2.75) is 59.0 Å². The van der Waals surface area contributed by atoms with Crippen molar-refractivity contribution in [3.05, 3.63) is 41.1 Å². The van der Waals surface area contributed by atoms with Gasteiger partial charge in [-0.25, -0.2) is 15.0 Å². The fourth-order valence-corrected chi connectivity index (χ4v) is 2.63. The molecular formula is C17H22N4O2. The Hall–Kier alpha value is -2.24. The summed E-state index contributed by atoms with van der Waals surface area (Å²) in [7, 11) is 0. The third kappa shape index (κ3) is 2.85. The van der Waals surface area contributed by atoms with Gasteiger partial charge >= 0.3 is 0 Å². The fraction of sp³-hybridized carbons (Fsp3) is 0.529. The lowest BCUT2D eigenvalue weighted by molar-refractivity contribution is 0.0742. The fourth-order valence-electron chi connectivity index (χ4n) is 2.63. The summed E-state index contributed by atoms with van der Waals surface area (Å²) in [6.07, 6.45) is 3.17. The second kappa shape index (κ2) is 5.44. The predicted molar refractivity (Wildman–Crippen MR) is 84.9 cm³/mol. The summed E-state index contributed by atoms with van der Waals surface area (Å²) < 4.78 is 5.36. The number of nitrogens with zero attached hydrogens (tertiary/aromatic N) is 4. The molecular weight excluding hydrogens is 292 g/mol. The minimum atomic E-state index is -0.113. The van der Waals surface area contributed by atoms with Crippen LogP contribution in [0.3, 0.4) is 0 Å². The standard InChI is InChI=1S/C17H22N4O2/c1-10(2)14-13(19-9-23-14)15(22)21-7-11-6-18-16(17(3,4)5)20-12(11)8-21/h6,9-10H,7-8H2,1-5H3. The first-order valence-electron chi connectivity index (χ1n) is 7.85. The number of carbonyl (C=O) groups excluding carboxylic acids is 1. The van der Waals surface area contributed by atoms with Gasteiger partial charge in [0.1, 0.15) is 11.6 Å². The van der Waals surface area contributed by atoms with Crippen molar-refractivity contribution in [3.8, 4) is 0 Å². The van der Waals surface area contributed by atoms with E-state index in [4.69, 9.17) is 4.42 Å². The Kier molecular flexibility index (Phi) is 3.70. The number of carbonyl (C=O) groups is 1. The smallest absolute Gasteiger partial charge is 0.276 e. The van der Waals surface area contributed by atoms with Crippen LogP contribution in [0, 0.1) is 0 Å². The molecule has 0 saturated carbocycles. The summed E-state index contributed by atoms with van der Waals surface area (Å²) in [6, 6.07) is 0. The second-order valence-corrected chi connectivity index (χ2v) is 7.30. The van der Waals surface area contributed by atoms with E-state index in [2.05, 4.69) is 35.7 Å². The Morgan fingerprint density at radius 2 is 2.00 bits per heavy atom. The average Bonchev–Trinajstić information content (AvgIpc) is 3.11. The summed E-state index contributed by atoms with van der Waals surface area (Å²) >= 11 is 0. The largest absolute Gasteiger partial charge is 0.447 e. The van der Waals surface area contributed by atoms with E-state index in [-0.39, 0.29) is 17.2 Å². The van der Waals surface area contributed by atoms with Gasteiger partial charge in [-0.05, 0) is 0 Å². The molecule has 0 fully saturated rings. The zero-order chi connectivity index (χ0) is 16.8. The zero-order valence-corrected chi connectivity index (χ0v) is 14.3. The van der Waals surface area contributed by atoms with Crippen LogP contribution in [0.2, 0.25) is 0 Å². The molecule has 0 aliphatic carbocycles. The number of aromatic nitrogens is 3. The molecule has 3 heterocycles. The number of rotatable bonds is 2. The van der Waals surface area contributed by atoms with Gasteiger partial charge in [0.25, 0.3) is 5.91 Å². The highest BCUT2D eigenvalue weighted by molar-refractivity contribution is 5.93.